The van der Waals surface area contributed by atoms with Crippen LogP contribution in [-0.2, 0) is 9.59 Å². The van der Waals surface area contributed by atoms with Gasteiger partial charge in [-0.2, -0.15) is 0 Å². The second-order valence-corrected chi connectivity index (χ2v) is 5.96. The van der Waals surface area contributed by atoms with Crippen LogP contribution in [0.15, 0.2) is 0 Å². The van der Waals surface area contributed by atoms with Gasteiger partial charge in [-0.05, 0) is 20.8 Å². The van der Waals surface area contributed by atoms with E-state index in [4.69, 9.17) is 0 Å². The van der Waals surface area contributed by atoms with Crippen molar-refractivity contribution in [1.82, 2.24) is 10.6 Å². The minimum atomic E-state index is -0.229. The van der Waals surface area contributed by atoms with Crippen LogP contribution in [0, 0.1) is 0 Å². The summed E-state index contributed by atoms with van der Waals surface area (Å²) in [7, 11) is 0. The van der Waals surface area contributed by atoms with Gasteiger partial charge >= 0.3 is 0 Å². The second kappa shape index (κ2) is 4.88. The molecule has 1 atom stereocenters. The van der Waals surface area contributed by atoms with E-state index in [9.17, 15) is 9.59 Å². The number of rotatable bonds is 2. The van der Waals surface area contributed by atoms with Crippen molar-refractivity contribution in [3.63, 3.8) is 0 Å². The minimum absolute atomic E-state index is 0.0182. The van der Waals surface area contributed by atoms with E-state index in [1.807, 2.05) is 20.8 Å². The van der Waals surface area contributed by atoms with Gasteiger partial charge in [-0.15, -0.1) is 11.8 Å². The number of nitrogens with one attached hydrogen (secondary N) is 2. The fourth-order valence-electron chi connectivity index (χ4n) is 1.35. The summed E-state index contributed by atoms with van der Waals surface area (Å²) in [5, 5.41) is 5.39. The first-order valence-corrected chi connectivity index (χ1v) is 6.14. The van der Waals surface area contributed by atoms with Crippen molar-refractivity contribution in [2.75, 3.05) is 12.3 Å². The fraction of sp³-hybridized carbons (Fsp3) is 0.800. The third-order valence-corrected chi connectivity index (χ3v) is 3.12. The lowest BCUT2D eigenvalue weighted by atomic mass is 10.1. The first-order valence-electron chi connectivity index (χ1n) is 5.09. The minimum Gasteiger partial charge on any atom is -0.354 e. The molecule has 0 aliphatic carbocycles. The summed E-state index contributed by atoms with van der Waals surface area (Å²) in [5.74, 6) is 0.812. The lowest BCUT2D eigenvalue weighted by molar-refractivity contribution is -0.126. The zero-order valence-electron chi connectivity index (χ0n) is 9.42. The molecule has 86 valence electrons. The summed E-state index contributed by atoms with van der Waals surface area (Å²) in [4.78, 5) is 23.0. The van der Waals surface area contributed by atoms with Gasteiger partial charge in [-0.25, -0.2) is 0 Å². The maximum absolute atomic E-state index is 11.6. The predicted octanol–water partition coefficient (Wildman–Crippen LogP) is 0.523. The Bertz CT molecular complexity index is 261. The normalized spacial score (nSPS) is 22.1. The lowest BCUT2D eigenvalue weighted by Gasteiger charge is -2.24. The van der Waals surface area contributed by atoms with Crippen molar-refractivity contribution >= 4 is 23.6 Å². The molecule has 4 nitrogen and oxygen atoms in total. The molecule has 1 aliphatic rings. The summed E-state index contributed by atoms with van der Waals surface area (Å²) in [6, 6.07) is 0. The van der Waals surface area contributed by atoms with Crippen molar-refractivity contribution in [1.29, 1.82) is 0 Å². The molecule has 0 saturated carbocycles. The largest absolute Gasteiger partial charge is 0.354 e. The van der Waals surface area contributed by atoms with Crippen LogP contribution in [0.5, 0.6) is 0 Å². The number of hydrogen-bond acceptors (Lipinski definition) is 3. The first kappa shape index (κ1) is 12.4. The summed E-state index contributed by atoms with van der Waals surface area (Å²) in [6.07, 6.45) is 0.272. The molecule has 15 heavy (non-hydrogen) atoms. The molecule has 0 radical (unpaired) electrons. The highest BCUT2D eigenvalue weighted by Crippen LogP contribution is 2.18. The van der Waals surface area contributed by atoms with Crippen LogP contribution in [0.3, 0.4) is 0 Å². The maximum atomic E-state index is 11.6. The zero-order chi connectivity index (χ0) is 11.5. The molecule has 1 unspecified atom stereocenters. The molecule has 0 aromatic rings. The predicted molar refractivity (Wildman–Crippen MR) is 61.8 cm³/mol. The molecule has 1 aliphatic heterocycles. The Balaban J connectivity index is 2.40. The van der Waals surface area contributed by atoms with Gasteiger partial charge in [-0.3, -0.25) is 9.59 Å². The number of thioether (sulfide) groups is 1. The van der Waals surface area contributed by atoms with Crippen LogP contribution in [-0.4, -0.2) is 34.9 Å². The smallest absolute Gasteiger partial charge is 0.233 e. The molecule has 2 amide bonds. The third kappa shape index (κ3) is 4.55. The van der Waals surface area contributed by atoms with E-state index in [1.54, 1.807) is 11.8 Å². The Kier molecular flexibility index (Phi) is 4.02. The first-order chi connectivity index (χ1) is 6.88. The Morgan fingerprint density at radius 2 is 2.27 bits per heavy atom. The van der Waals surface area contributed by atoms with E-state index in [2.05, 4.69) is 10.6 Å². The van der Waals surface area contributed by atoms with Crippen molar-refractivity contribution in [3.8, 4) is 0 Å². The number of carbonyl (C=O) groups excluding carboxylic acids is 2. The molecule has 1 saturated heterocycles. The topological polar surface area (TPSA) is 58.2 Å². The van der Waals surface area contributed by atoms with Crippen molar-refractivity contribution in [3.05, 3.63) is 0 Å². The highest BCUT2D eigenvalue weighted by molar-refractivity contribution is 8.00. The molecule has 0 spiro atoms. The average molecular weight is 230 g/mol. The maximum Gasteiger partial charge on any atom is 0.233 e. The molecule has 5 heteroatoms. The Labute approximate surface area is 94.6 Å². The monoisotopic (exact) mass is 230 g/mol. The van der Waals surface area contributed by atoms with Crippen LogP contribution in [0.1, 0.15) is 27.2 Å². The quantitative estimate of drug-likeness (QED) is 0.727. The van der Waals surface area contributed by atoms with E-state index in [-0.39, 0.29) is 29.0 Å². The van der Waals surface area contributed by atoms with E-state index in [1.165, 1.54) is 0 Å². The number of amides is 2. The molecule has 1 rings (SSSR count). The third-order valence-electron chi connectivity index (χ3n) is 1.90. The Hall–Kier alpha value is -0.710. The van der Waals surface area contributed by atoms with Crippen molar-refractivity contribution in [2.45, 2.75) is 38.0 Å². The molecule has 0 aromatic carbocycles. The number of carbonyl (C=O) groups is 2. The summed E-state index contributed by atoms with van der Waals surface area (Å²) in [6.45, 7) is 6.50. The zero-order valence-corrected chi connectivity index (χ0v) is 10.2. The van der Waals surface area contributed by atoms with Crippen LogP contribution in [0.2, 0.25) is 0 Å². The number of hydrogen-bond donors (Lipinski definition) is 2. The van der Waals surface area contributed by atoms with Crippen LogP contribution in [0.4, 0.5) is 0 Å². The molecule has 0 aromatic heterocycles. The molecule has 1 heterocycles. The average Bonchev–Trinajstić information content (AvgIpc) is 2.05. The van der Waals surface area contributed by atoms with Gasteiger partial charge in [0.15, 0.2) is 0 Å². The van der Waals surface area contributed by atoms with E-state index < -0.39 is 0 Å². The molecule has 1 fully saturated rings. The van der Waals surface area contributed by atoms with Crippen LogP contribution < -0.4 is 10.6 Å². The Morgan fingerprint density at radius 3 is 2.80 bits per heavy atom. The van der Waals surface area contributed by atoms with Crippen LogP contribution >= 0.6 is 11.8 Å². The van der Waals surface area contributed by atoms with E-state index >= 15 is 0 Å². The van der Waals surface area contributed by atoms with Gasteiger partial charge in [0, 0.05) is 24.3 Å². The Morgan fingerprint density at radius 1 is 1.60 bits per heavy atom. The summed E-state index contributed by atoms with van der Waals surface area (Å²) in [5.41, 5.74) is -0.229. The summed E-state index contributed by atoms with van der Waals surface area (Å²) >= 11 is 1.55. The summed E-state index contributed by atoms with van der Waals surface area (Å²) < 4.78 is 0. The molecular formula is C10H18N2O2S. The van der Waals surface area contributed by atoms with Crippen molar-refractivity contribution in [2.24, 2.45) is 0 Å². The standard InChI is InChI=1S/C10H18N2O2S/c1-10(2,3)12-8(13)6-7-9(14)11-4-5-15-7/h7H,4-6H2,1-3H3,(H,11,14)(H,12,13). The second-order valence-electron chi connectivity index (χ2n) is 4.65. The SMILES string of the molecule is CC(C)(C)NC(=O)CC1SCCNC1=O. The van der Waals surface area contributed by atoms with Gasteiger partial charge in [0.05, 0.1) is 5.25 Å². The van der Waals surface area contributed by atoms with Gasteiger partial charge in [-0.1, -0.05) is 0 Å². The molecule has 2 N–H and O–H groups in total. The van der Waals surface area contributed by atoms with E-state index in [0.717, 1.165) is 5.75 Å². The fourth-order valence-corrected chi connectivity index (χ4v) is 2.36. The van der Waals surface area contributed by atoms with Gasteiger partial charge in [0.2, 0.25) is 11.8 Å². The highest BCUT2D eigenvalue weighted by atomic mass is 32.2. The van der Waals surface area contributed by atoms with Gasteiger partial charge in [0.25, 0.3) is 0 Å². The van der Waals surface area contributed by atoms with Gasteiger partial charge < -0.3 is 10.6 Å². The highest BCUT2D eigenvalue weighted by Gasteiger charge is 2.26. The molecular weight excluding hydrogens is 212 g/mol. The van der Waals surface area contributed by atoms with E-state index in [0.29, 0.717) is 6.54 Å². The van der Waals surface area contributed by atoms with Crippen molar-refractivity contribution < 1.29 is 9.59 Å². The molecule has 0 bridgehead atoms. The van der Waals surface area contributed by atoms with Crippen LogP contribution in [0.25, 0.3) is 0 Å². The van der Waals surface area contributed by atoms with Gasteiger partial charge in [0.1, 0.15) is 0 Å². The lowest BCUT2D eigenvalue weighted by Crippen LogP contribution is -2.45.